The molecule has 0 atom stereocenters. The van der Waals surface area contributed by atoms with Crippen LogP contribution in [0.3, 0.4) is 0 Å². The normalized spacial score (nSPS) is 10.6. The molecule has 0 aliphatic carbocycles. The van der Waals surface area contributed by atoms with Crippen molar-refractivity contribution in [2.75, 3.05) is 6.54 Å². The van der Waals surface area contributed by atoms with Gasteiger partial charge < -0.3 is 14.9 Å². The Balaban J connectivity index is 2.02. The third-order valence-electron chi connectivity index (χ3n) is 2.51. The molecule has 0 amide bonds. The summed E-state index contributed by atoms with van der Waals surface area (Å²) in [5.41, 5.74) is 6.38. The van der Waals surface area contributed by atoms with Crippen molar-refractivity contribution in [3.05, 3.63) is 46.6 Å². The maximum absolute atomic E-state index is 5.98. The van der Waals surface area contributed by atoms with Crippen LogP contribution >= 0.6 is 11.6 Å². The summed E-state index contributed by atoms with van der Waals surface area (Å²) in [4.78, 5) is 4.33. The monoisotopic (exact) mass is 266 g/mol. The molecule has 0 radical (unpaired) electrons. The fourth-order valence-electron chi connectivity index (χ4n) is 1.62. The molecule has 1 aromatic carbocycles. The van der Waals surface area contributed by atoms with Crippen LogP contribution in [0.25, 0.3) is 0 Å². The summed E-state index contributed by atoms with van der Waals surface area (Å²) in [7, 11) is 0. The van der Waals surface area contributed by atoms with E-state index < -0.39 is 0 Å². The lowest BCUT2D eigenvalue weighted by Gasteiger charge is -2.04. The van der Waals surface area contributed by atoms with Gasteiger partial charge in [-0.25, -0.2) is 4.98 Å². The van der Waals surface area contributed by atoms with E-state index in [-0.39, 0.29) is 6.61 Å². The maximum atomic E-state index is 5.98. The molecular formula is C13H15ClN2O2. The summed E-state index contributed by atoms with van der Waals surface area (Å²) in [6.45, 7) is 2.68. The van der Waals surface area contributed by atoms with Gasteiger partial charge in [0, 0.05) is 6.42 Å². The van der Waals surface area contributed by atoms with E-state index >= 15 is 0 Å². The van der Waals surface area contributed by atoms with Gasteiger partial charge in [0.1, 0.15) is 11.5 Å². The van der Waals surface area contributed by atoms with Crippen molar-refractivity contribution in [3.63, 3.8) is 0 Å². The minimum atomic E-state index is 0.259. The second kappa shape index (κ2) is 5.89. The zero-order valence-corrected chi connectivity index (χ0v) is 10.9. The summed E-state index contributed by atoms with van der Waals surface area (Å²) in [6, 6.07) is 7.29. The lowest BCUT2D eigenvalue weighted by atomic mass is 10.3. The van der Waals surface area contributed by atoms with Crippen LogP contribution in [0.4, 0.5) is 0 Å². The predicted octanol–water partition coefficient (Wildman–Crippen LogP) is 2.72. The summed E-state index contributed by atoms with van der Waals surface area (Å²) >= 11 is 5.98. The molecule has 0 bridgehead atoms. The first-order valence-electron chi connectivity index (χ1n) is 5.73. The summed E-state index contributed by atoms with van der Waals surface area (Å²) in [5.74, 6) is 1.95. The molecule has 0 aliphatic rings. The van der Waals surface area contributed by atoms with Crippen molar-refractivity contribution in [2.24, 2.45) is 5.73 Å². The quantitative estimate of drug-likeness (QED) is 0.904. The number of rotatable bonds is 5. The van der Waals surface area contributed by atoms with Gasteiger partial charge in [-0.2, -0.15) is 0 Å². The molecular weight excluding hydrogens is 252 g/mol. The zero-order valence-electron chi connectivity index (χ0n) is 10.1. The lowest BCUT2D eigenvalue weighted by Crippen LogP contribution is -2.04. The summed E-state index contributed by atoms with van der Waals surface area (Å²) in [5, 5.41) is 0.572. The number of aromatic nitrogens is 1. The third kappa shape index (κ3) is 3.03. The maximum Gasteiger partial charge on any atom is 0.232 e. The van der Waals surface area contributed by atoms with Crippen LogP contribution in [0.1, 0.15) is 17.3 Å². The number of hydrogen-bond donors (Lipinski definition) is 1. The predicted molar refractivity (Wildman–Crippen MR) is 69.8 cm³/mol. The van der Waals surface area contributed by atoms with Crippen molar-refractivity contribution in [1.29, 1.82) is 0 Å². The number of ether oxygens (including phenoxy) is 1. The van der Waals surface area contributed by atoms with Crippen LogP contribution in [-0.2, 0) is 13.0 Å². The van der Waals surface area contributed by atoms with Gasteiger partial charge in [-0.1, -0.05) is 23.7 Å². The second-order valence-corrected chi connectivity index (χ2v) is 4.28. The fraction of sp³-hybridized carbons (Fsp3) is 0.308. The number of oxazole rings is 1. The molecule has 0 saturated carbocycles. The van der Waals surface area contributed by atoms with Crippen molar-refractivity contribution in [2.45, 2.75) is 20.0 Å². The van der Waals surface area contributed by atoms with Gasteiger partial charge in [0.15, 0.2) is 6.61 Å². The van der Waals surface area contributed by atoms with E-state index in [1.165, 1.54) is 0 Å². The van der Waals surface area contributed by atoms with E-state index in [9.17, 15) is 0 Å². The Morgan fingerprint density at radius 2 is 2.17 bits per heavy atom. The van der Waals surface area contributed by atoms with Crippen molar-refractivity contribution >= 4 is 11.6 Å². The fourth-order valence-corrected chi connectivity index (χ4v) is 1.81. The van der Waals surface area contributed by atoms with E-state index in [2.05, 4.69) is 4.98 Å². The van der Waals surface area contributed by atoms with Crippen LogP contribution < -0.4 is 10.5 Å². The molecule has 4 nitrogen and oxygen atoms in total. The van der Waals surface area contributed by atoms with Crippen LogP contribution in [0.2, 0.25) is 5.02 Å². The Kier molecular flexibility index (Phi) is 4.23. The van der Waals surface area contributed by atoms with Gasteiger partial charge in [-0.05, 0) is 25.6 Å². The largest absolute Gasteiger partial charge is 0.482 e. The molecule has 5 heteroatoms. The van der Waals surface area contributed by atoms with Crippen molar-refractivity contribution in [1.82, 2.24) is 4.98 Å². The highest BCUT2D eigenvalue weighted by atomic mass is 35.5. The van der Waals surface area contributed by atoms with Crippen LogP contribution in [0.5, 0.6) is 5.75 Å². The van der Waals surface area contributed by atoms with Crippen LogP contribution in [0, 0.1) is 6.92 Å². The Labute approximate surface area is 111 Å². The average molecular weight is 267 g/mol. The first-order valence-corrected chi connectivity index (χ1v) is 6.11. The number of nitrogens with two attached hydrogens (primary N) is 1. The molecule has 2 rings (SSSR count). The highest BCUT2D eigenvalue weighted by Crippen LogP contribution is 2.24. The van der Waals surface area contributed by atoms with Crippen LogP contribution in [0.15, 0.2) is 28.7 Å². The van der Waals surface area contributed by atoms with E-state index in [0.29, 0.717) is 29.6 Å². The number of benzene rings is 1. The van der Waals surface area contributed by atoms with Crippen molar-refractivity contribution < 1.29 is 9.15 Å². The number of aryl methyl sites for hydroxylation is 1. The van der Waals surface area contributed by atoms with Gasteiger partial charge in [0.25, 0.3) is 0 Å². The topological polar surface area (TPSA) is 61.3 Å². The Morgan fingerprint density at radius 3 is 2.89 bits per heavy atom. The molecule has 18 heavy (non-hydrogen) atoms. The highest BCUT2D eigenvalue weighted by Gasteiger charge is 2.10. The molecule has 1 heterocycles. The molecule has 0 fully saturated rings. The number of hydrogen-bond acceptors (Lipinski definition) is 4. The molecule has 0 spiro atoms. The second-order valence-electron chi connectivity index (χ2n) is 3.87. The minimum Gasteiger partial charge on any atom is -0.482 e. The SMILES string of the molecule is Cc1oc(COc2ccccc2Cl)nc1CCN. The van der Waals surface area contributed by atoms with Gasteiger partial charge in [0.05, 0.1) is 10.7 Å². The number of halogens is 1. The Morgan fingerprint density at radius 1 is 1.39 bits per heavy atom. The van der Waals surface area contributed by atoms with E-state index in [1.807, 2.05) is 19.1 Å². The molecule has 0 aliphatic heterocycles. The van der Waals surface area contributed by atoms with Gasteiger partial charge in [0.2, 0.25) is 5.89 Å². The first kappa shape index (κ1) is 12.9. The summed E-state index contributed by atoms with van der Waals surface area (Å²) < 4.78 is 11.0. The van der Waals surface area contributed by atoms with Gasteiger partial charge in [-0.3, -0.25) is 0 Å². The first-order chi connectivity index (χ1) is 8.70. The van der Waals surface area contributed by atoms with E-state index in [0.717, 1.165) is 11.5 Å². The lowest BCUT2D eigenvalue weighted by molar-refractivity contribution is 0.260. The number of nitrogens with zero attached hydrogens (tertiary/aromatic N) is 1. The van der Waals surface area contributed by atoms with Crippen molar-refractivity contribution in [3.8, 4) is 5.75 Å². The highest BCUT2D eigenvalue weighted by molar-refractivity contribution is 6.32. The molecule has 1 aromatic heterocycles. The van der Waals surface area contributed by atoms with Gasteiger partial charge in [-0.15, -0.1) is 0 Å². The average Bonchev–Trinajstić information content (AvgIpc) is 2.70. The molecule has 0 saturated heterocycles. The number of para-hydroxylation sites is 1. The minimum absolute atomic E-state index is 0.259. The molecule has 2 N–H and O–H groups in total. The zero-order chi connectivity index (χ0) is 13.0. The van der Waals surface area contributed by atoms with E-state index in [4.69, 9.17) is 26.5 Å². The molecule has 0 unspecified atom stereocenters. The molecule has 96 valence electrons. The third-order valence-corrected chi connectivity index (χ3v) is 2.82. The smallest absolute Gasteiger partial charge is 0.232 e. The van der Waals surface area contributed by atoms with Crippen LogP contribution in [-0.4, -0.2) is 11.5 Å². The van der Waals surface area contributed by atoms with E-state index in [1.54, 1.807) is 12.1 Å². The molecule has 2 aromatic rings. The Bertz CT molecular complexity index is 525. The Hall–Kier alpha value is -1.52. The van der Waals surface area contributed by atoms with Gasteiger partial charge >= 0.3 is 0 Å². The standard InChI is InChI=1S/C13H15ClN2O2/c1-9-11(6-7-15)16-13(18-9)8-17-12-5-3-2-4-10(12)14/h2-5H,6-8,15H2,1H3. The summed E-state index contributed by atoms with van der Waals surface area (Å²) in [6.07, 6.45) is 0.710.